The van der Waals surface area contributed by atoms with E-state index in [1.54, 1.807) is 17.0 Å². The van der Waals surface area contributed by atoms with E-state index in [0.29, 0.717) is 13.0 Å². The van der Waals surface area contributed by atoms with Crippen LogP contribution >= 0.6 is 0 Å². The summed E-state index contributed by atoms with van der Waals surface area (Å²) in [4.78, 5) is 58.6. The van der Waals surface area contributed by atoms with Crippen LogP contribution in [0.25, 0.3) is 0 Å². The van der Waals surface area contributed by atoms with Crippen LogP contribution in [0.4, 0.5) is 0 Å². The van der Waals surface area contributed by atoms with Crippen molar-refractivity contribution in [3.63, 3.8) is 0 Å². The van der Waals surface area contributed by atoms with Gasteiger partial charge in [0.1, 0.15) is 11.7 Å². The number of pyridine rings is 1. The maximum absolute atomic E-state index is 12.7. The second-order valence-corrected chi connectivity index (χ2v) is 7.19. The Kier molecular flexibility index (Phi) is 4.63. The molecule has 1 atom stereocenters. The molecule has 0 radical (unpaired) electrons. The number of amides is 4. The zero-order valence-electron chi connectivity index (χ0n) is 15.1. The summed E-state index contributed by atoms with van der Waals surface area (Å²) in [6.07, 6.45) is 5.00. The van der Waals surface area contributed by atoms with Crippen molar-refractivity contribution < 1.29 is 19.2 Å². The van der Waals surface area contributed by atoms with E-state index in [2.05, 4.69) is 4.98 Å². The van der Waals surface area contributed by atoms with Crippen molar-refractivity contribution in [2.24, 2.45) is 0 Å². The molecule has 3 aliphatic rings. The van der Waals surface area contributed by atoms with E-state index in [0.717, 1.165) is 37.3 Å². The molecule has 0 aromatic carbocycles. The molecule has 1 aromatic rings. The zero-order chi connectivity index (χ0) is 19.0. The molecule has 4 amide bonds. The van der Waals surface area contributed by atoms with Crippen LogP contribution in [0.3, 0.4) is 0 Å². The van der Waals surface area contributed by atoms with Crippen molar-refractivity contribution in [3.8, 4) is 0 Å². The molecule has 0 spiro atoms. The summed E-state index contributed by atoms with van der Waals surface area (Å²) in [5.74, 6) is -1.03. The van der Waals surface area contributed by atoms with Crippen molar-refractivity contribution >= 4 is 23.6 Å². The van der Waals surface area contributed by atoms with E-state index < -0.39 is 17.9 Å². The van der Waals surface area contributed by atoms with Crippen LogP contribution in [0.5, 0.6) is 0 Å². The number of carbonyl (C=O) groups excluding carboxylic acids is 4. The lowest BCUT2D eigenvalue weighted by Gasteiger charge is -2.28. The molecule has 0 aliphatic carbocycles. The highest BCUT2D eigenvalue weighted by molar-refractivity contribution is 6.20. The highest BCUT2D eigenvalue weighted by Gasteiger charge is 2.39. The molecule has 3 aliphatic heterocycles. The van der Waals surface area contributed by atoms with Crippen LogP contribution in [0, 0.1) is 0 Å². The number of carbonyl (C=O) groups is 4. The number of hydrogen-bond acceptors (Lipinski definition) is 5. The standard InChI is InChI=1S/C19H22N4O4/c24-15(22-11-4-6-14(22)18(26)21-9-1-2-10-21)7-12-23-17(25)13-5-3-8-20-16(13)19(23)27/h3,5,8,14H,1-2,4,6-7,9-12H2/t14-/m0/s1. The first-order chi connectivity index (χ1) is 13.1. The molecule has 0 N–H and O–H groups in total. The van der Waals surface area contributed by atoms with Gasteiger partial charge in [-0.05, 0) is 37.8 Å². The molecule has 0 saturated carbocycles. The van der Waals surface area contributed by atoms with E-state index in [-0.39, 0.29) is 36.0 Å². The maximum Gasteiger partial charge on any atom is 0.280 e. The van der Waals surface area contributed by atoms with Crippen molar-refractivity contribution in [3.05, 3.63) is 29.6 Å². The third-order valence-corrected chi connectivity index (χ3v) is 5.56. The Labute approximate surface area is 157 Å². The van der Waals surface area contributed by atoms with Gasteiger partial charge in [0.05, 0.1) is 5.56 Å². The molecule has 2 saturated heterocycles. The topological polar surface area (TPSA) is 90.9 Å². The molecule has 0 bridgehead atoms. The van der Waals surface area contributed by atoms with Gasteiger partial charge in [0.15, 0.2) is 0 Å². The third kappa shape index (κ3) is 3.09. The summed E-state index contributed by atoms with van der Waals surface area (Å²) >= 11 is 0. The van der Waals surface area contributed by atoms with Gasteiger partial charge in [0.25, 0.3) is 11.8 Å². The Morgan fingerprint density at radius 2 is 1.85 bits per heavy atom. The highest BCUT2D eigenvalue weighted by atomic mass is 16.2. The fourth-order valence-electron chi connectivity index (χ4n) is 4.14. The normalized spacial score (nSPS) is 21.9. The summed E-state index contributed by atoms with van der Waals surface area (Å²) in [6.45, 7) is 2.08. The van der Waals surface area contributed by atoms with Crippen LogP contribution in [-0.4, -0.2) is 75.5 Å². The number of likely N-dealkylation sites (tertiary alicyclic amines) is 2. The number of hydrogen-bond donors (Lipinski definition) is 0. The van der Waals surface area contributed by atoms with Gasteiger partial charge < -0.3 is 9.80 Å². The van der Waals surface area contributed by atoms with Crippen LogP contribution in [0.15, 0.2) is 18.3 Å². The number of nitrogens with zero attached hydrogens (tertiary/aromatic N) is 4. The van der Waals surface area contributed by atoms with E-state index >= 15 is 0 Å². The van der Waals surface area contributed by atoms with Gasteiger partial charge in [-0.3, -0.25) is 29.1 Å². The number of fused-ring (bicyclic) bond motifs is 1. The number of rotatable bonds is 4. The molecule has 142 valence electrons. The van der Waals surface area contributed by atoms with E-state index in [1.807, 2.05) is 4.90 Å². The van der Waals surface area contributed by atoms with Crippen LogP contribution in [0.2, 0.25) is 0 Å². The smallest absolute Gasteiger partial charge is 0.280 e. The van der Waals surface area contributed by atoms with Gasteiger partial charge in [0, 0.05) is 38.8 Å². The Bertz CT molecular complexity index is 768. The van der Waals surface area contributed by atoms with Crippen LogP contribution in [0.1, 0.15) is 53.0 Å². The van der Waals surface area contributed by atoms with Gasteiger partial charge >= 0.3 is 0 Å². The first-order valence-corrected chi connectivity index (χ1v) is 9.47. The van der Waals surface area contributed by atoms with Crippen molar-refractivity contribution in [1.29, 1.82) is 0 Å². The van der Waals surface area contributed by atoms with E-state index in [9.17, 15) is 19.2 Å². The van der Waals surface area contributed by atoms with Gasteiger partial charge in [-0.2, -0.15) is 0 Å². The molecule has 1 aromatic heterocycles. The second-order valence-electron chi connectivity index (χ2n) is 7.19. The Balaban J connectivity index is 1.39. The molecule has 0 unspecified atom stereocenters. The van der Waals surface area contributed by atoms with Crippen molar-refractivity contribution in [2.45, 2.75) is 38.1 Å². The minimum atomic E-state index is -0.463. The lowest BCUT2D eigenvalue weighted by atomic mass is 10.2. The summed E-state index contributed by atoms with van der Waals surface area (Å²) in [6, 6.07) is 2.77. The molecule has 4 heterocycles. The fraction of sp³-hybridized carbons (Fsp3) is 0.526. The summed E-state index contributed by atoms with van der Waals surface area (Å²) in [5.41, 5.74) is 0.413. The lowest BCUT2D eigenvalue weighted by molar-refractivity contribution is -0.143. The monoisotopic (exact) mass is 370 g/mol. The van der Waals surface area contributed by atoms with Crippen LogP contribution < -0.4 is 0 Å². The minimum Gasteiger partial charge on any atom is -0.341 e. The van der Waals surface area contributed by atoms with Crippen LogP contribution in [-0.2, 0) is 9.59 Å². The van der Waals surface area contributed by atoms with Crippen molar-refractivity contribution in [2.75, 3.05) is 26.2 Å². The van der Waals surface area contributed by atoms with Gasteiger partial charge in [0.2, 0.25) is 11.8 Å². The first kappa shape index (κ1) is 17.6. The molecule has 2 fully saturated rings. The first-order valence-electron chi connectivity index (χ1n) is 9.47. The Hall–Kier alpha value is -2.77. The lowest BCUT2D eigenvalue weighted by Crippen LogP contribution is -2.47. The number of aromatic nitrogens is 1. The largest absolute Gasteiger partial charge is 0.341 e. The highest BCUT2D eigenvalue weighted by Crippen LogP contribution is 2.24. The Morgan fingerprint density at radius 3 is 2.59 bits per heavy atom. The quantitative estimate of drug-likeness (QED) is 0.727. The Morgan fingerprint density at radius 1 is 1.07 bits per heavy atom. The van der Waals surface area contributed by atoms with E-state index in [1.165, 1.54) is 6.20 Å². The predicted octanol–water partition coefficient (Wildman–Crippen LogP) is 0.681. The molecular formula is C19H22N4O4. The SMILES string of the molecule is O=C([C@@H]1CCCN1C(=O)CCN1C(=O)c2cccnc2C1=O)N1CCCC1. The number of imide groups is 1. The van der Waals surface area contributed by atoms with Gasteiger partial charge in [-0.1, -0.05) is 0 Å². The molecule has 4 rings (SSSR count). The van der Waals surface area contributed by atoms with E-state index in [4.69, 9.17) is 0 Å². The van der Waals surface area contributed by atoms with Crippen molar-refractivity contribution in [1.82, 2.24) is 19.7 Å². The predicted molar refractivity (Wildman–Crippen MR) is 94.8 cm³/mol. The molecule has 27 heavy (non-hydrogen) atoms. The summed E-state index contributed by atoms with van der Waals surface area (Å²) in [7, 11) is 0. The third-order valence-electron chi connectivity index (χ3n) is 5.56. The molecule has 8 heteroatoms. The second kappa shape index (κ2) is 7.09. The fourth-order valence-corrected chi connectivity index (χ4v) is 4.14. The minimum absolute atomic E-state index is 0.00792. The molecule has 8 nitrogen and oxygen atoms in total. The maximum atomic E-state index is 12.7. The summed E-state index contributed by atoms with van der Waals surface area (Å²) in [5, 5.41) is 0. The average molecular weight is 370 g/mol. The summed E-state index contributed by atoms with van der Waals surface area (Å²) < 4.78 is 0. The zero-order valence-corrected chi connectivity index (χ0v) is 15.1. The van der Waals surface area contributed by atoms with Gasteiger partial charge in [-0.25, -0.2) is 0 Å². The average Bonchev–Trinajstić information content (AvgIpc) is 3.42. The molecular weight excluding hydrogens is 348 g/mol. The van der Waals surface area contributed by atoms with Gasteiger partial charge in [-0.15, -0.1) is 0 Å².